The Morgan fingerprint density at radius 2 is 1.84 bits per heavy atom. The van der Waals surface area contributed by atoms with Crippen LogP contribution in [0.5, 0.6) is 11.5 Å². The molecule has 1 atom stereocenters. The number of hydrogen-bond donors (Lipinski definition) is 1. The fraction of sp³-hybridized carbons (Fsp3) is 0.500. The topological polar surface area (TPSA) is 84.3 Å². The molecule has 0 radical (unpaired) electrons. The number of nitrogens with zero attached hydrogens (tertiary/aromatic N) is 2. The minimum Gasteiger partial charge on any atom is -0.493 e. The van der Waals surface area contributed by atoms with Gasteiger partial charge in [-0.3, -0.25) is 14.6 Å². The van der Waals surface area contributed by atoms with Crippen LogP contribution in [0, 0.1) is 12.8 Å². The molecule has 4 rings (SSSR count). The van der Waals surface area contributed by atoms with E-state index in [0.29, 0.717) is 11.5 Å². The van der Waals surface area contributed by atoms with Gasteiger partial charge in [-0.1, -0.05) is 12.1 Å². The van der Waals surface area contributed by atoms with Crippen molar-refractivity contribution < 1.29 is 23.5 Å². The Morgan fingerprint density at radius 1 is 1.09 bits per heavy atom. The van der Waals surface area contributed by atoms with Crippen molar-refractivity contribution in [1.82, 2.24) is 15.1 Å². The highest BCUT2D eigenvalue weighted by Crippen LogP contribution is 2.36. The highest BCUT2D eigenvalue weighted by Gasteiger charge is 2.52. The van der Waals surface area contributed by atoms with Gasteiger partial charge in [0.1, 0.15) is 17.1 Å². The van der Waals surface area contributed by atoms with Crippen molar-refractivity contribution in [2.24, 2.45) is 5.92 Å². The van der Waals surface area contributed by atoms with Gasteiger partial charge in [-0.15, -0.1) is 0 Å². The summed E-state index contributed by atoms with van der Waals surface area (Å²) in [6, 6.07) is 9.07. The average molecular weight is 442 g/mol. The number of ether oxygens (including phenoxy) is 2. The lowest BCUT2D eigenvalue weighted by atomic mass is 9.79. The molecule has 1 unspecified atom stereocenters. The number of amides is 3. The van der Waals surface area contributed by atoms with Gasteiger partial charge in [-0.25, -0.2) is 4.79 Å². The van der Waals surface area contributed by atoms with E-state index in [9.17, 15) is 9.59 Å². The first-order valence-corrected chi connectivity index (χ1v) is 11.0. The standard InChI is InChI=1S/C24H31N3O5/c1-16-8-9-19(32-16)15-26-12-10-18(11-13-26)24(2)22(28)27(23(29)25-24)14-17-6-5-7-20(30-3)21(17)31-4/h5-9,18H,10-15H2,1-4H3,(H,25,29). The Balaban J connectivity index is 1.43. The Morgan fingerprint density at radius 3 is 2.47 bits per heavy atom. The second kappa shape index (κ2) is 8.86. The third-order valence-electron chi connectivity index (χ3n) is 6.69. The third kappa shape index (κ3) is 4.07. The van der Waals surface area contributed by atoms with E-state index in [2.05, 4.69) is 10.2 Å². The number of benzene rings is 1. The molecule has 1 N–H and O–H groups in total. The second-order valence-electron chi connectivity index (χ2n) is 8.74. The first kappa shape index (κ1) is 22.2. The first-order chi connectivity index (χ1) is 15.4. The summed E-state index contributed by atoms with van der Waals surface area (Å²) in [7, 11) is 3.11. The molecule has 1 aromatic heterocycles. The lowest BCUT2D eigenvalue weighted by molar-refractivity contribution is -0.133. The van der Waals surface area contributed by atoms with Crippen molar-refractivity contribution in [3.63, 3.8) is 0 Å². The predicted molar refractivity (Wildman–Crippen MR) is 118 cm³/mol. The summed E-state index contributed by atoms with van der Waals surface area (Å²) in [5, 5.41) is 2.98. The summed E-state index contributed by atoms with van der Waals surface area (Å²) in [4.78, 5) is 29.8. The molecule has 2 saturated heterocycles. The quantitative estimate of drug-likeness (QED) is 0.664. The monoisotopic (exact) mass is 441 g/mol. The SMILES string of the molecule is COc1cccc(CN2C(=O)NC(C)(C3CCN(Cc4ccc(C)o4)CC3)C2=O)c1OC. The van der Waals surface area contributed by atoms with Crippen molar-refractivity contribution in [2.45, 2.75) is 45.3 Å². The van der Waals surface area contributed by atoms with Crippen LogP contribution < -0.4 is 14.8 Å². The van der Waals surface area contributed by atoms with Crippen molar-refractivity contribution in [1.29, 1.82) is 0 Å². The number of rotatable bonds is 7. The van der Waals surface area contributed by atoms with E-state index in [1.165, 1.54) is 4.90 Å². The van der Waals surface area contributed by atoms with Gasteiger partial charge < -0.3 is 19.2 Å². The maximum Gasteiger partial charge on any atom is 0.325 e. The van der Waals surface area contributed by atoms with E-state index < -0.39 is 5.54 Å². The lowest BCUT2D eigenvalue weighted by Gasteiger charge is -2.38. The molecule has 8 heteroatoms. The molecule has 0 spiro atoms. The van der Waals surface area contributed by atoms with E-state index in [-0.39, 0.29) is 24.4 Å². The molecule has 3 amide bonds. The van der Waals surface area contributed by atoms with E-state index in [4.69, 9.17) is 13.9 Å². The van der Waals surface area contributed by atoms with Gasteiger partial charge in [0.25, 0.3) is 5.91 Å². The Hall–Kier alpha value is -3.00. The summed E-state index contributed by atoms with van der Waals surface area (Å²) in [6.07, 6.45) is 1.66. The molecule has 0 aliphatic carbocycles. The molecule has 32 heavy (non-hydrogen) atoms. The Kier molecular flexibility index (Phi) is 6.15. The van der Waals surface area contributed by atoms with Crippen LogP contribution in [0.2, 0.25) is 0 Å². The van der Waals surface area contributed by atoms with Crippen LogP contribution >= 0.6 is 0 Å². The molecule has 0 saturated carbocycles. The number of urea groups is 1. The number of para-hydroxylation sites is 1. The van der Waals surface area contributed by atoms with Crippen molar-refractivity contribution in [3.8, 4) is 11.5 Å². The van der Waals surface area contributed by atoms with Crippen LogP contribution in [0.3, 0.4) is 0 Å². The average Bonchev–Trinajstić information content (AvgIpc) is 3.29. The zero-order chi connectivity index (χ0) is 22.9. The number of nitrogens with one attached hydrogen (secondary N) is 1. The van der Waals surface area contributed by atoms with Gasteiger partial charge >= 0.3 is 6.03 Å². The smallest absolute Gasteiger partial charge is 0.325 e. The zero-order valence-corrected chi connectivity index (χ0v) is 19.1. The molecule has 2 aliphatic rings. The van der Waals surface area contributed by atoms with Gasteiger partial charge in [-0.2, -0.15) is 0 Å². The minimum absolute atomic E-state index is 0.0748. The lowest BCUT2D eigenvalue weighted by Crippen LogP contribution is -2.53. The summed E-state index contributed by atoms with van der Waals surface area (Å²) in [5.74, 6) is 2.85. The van der Waals surface area contributed by atoms with Gasteiger partial charge in [0.15, 0.2) is 11.5 Å². The molecule has 2 fully saturated rings. The number of aryl methyl sites for hydroxylation is 1. The number of piperidine rings is 1. The van der Waals surface area contributed by atoms with Crippen LogP contribution in [0.4, 0.5) is 4.79 Å². The Bertz CT molecular complexity index is 995. The third-order valence-corrected chi connectivity index (χ3v) is 6.69. The molecule has 2 aliphatic heterocycles. The number of likely N-dealkylation sites (tertiary alicyclic amines) is 1. The number of methoxy groups -OCH3 is 2. The predicted octanol–water partition coefficient (Wildman–Crippen LogP) is 3.33. The van der Waals surface area contributed by atoms with E-state index >= 15 is 0 Å². The highest BCUT2D eigenvalue weighted by atomic mass is 16.5. The molecule has 3 heterocycles. The van der Waals surface area contributed by atoms with Gasteiger partial charge in [0.05, 0.1) is 27.3 Å². The van der Waals surface area contributed by atoms with Crippen LogP contribution in [0.15, 0.2) is 34.7 Å². The van der Waals surface area contributed by atoms with Gasteiger partial charge in [0, 0.05) is 5.56 Å². The number of carbonyl (C=O) groups excluding carboxylic acids is 2. The molecule has 2 aromatic rings. The summed E-state index contributed by atoms with van der Waals surface area (Å²) >= 11 is 0. The van der Waals surface area contributed by atoms with Crippen LogP contribution in [0.25, 0.3) is 0 Å². The Labute approximate surface area is 188 Å². The highest BCUT2D eigenvalue weighted by molar-refractivity contribution is 6.07. The number of carbonyl (C=O) groups is 2. The summed E-state index contributed by atoms with van der Waals surface area (Å²) in [6.45, 7) is 6.40. The molecule has 8 nitrogen and oxygen atoms in total. The van der Waals surface area contributed by atoms with Crippen molar-refractivity contribution in [2.75, 3.05) is 27.3 Å². The molecule has 0 bridgehead atoms. The summed E-state index contributed by atoms with van der Waals surface area (Å²) in [5.41, 5.74) is -0.181. The maximum atomic E-state index is 13.4. The number of imide groups is 1. The zero-order valence-electron chi connectivity index (χ0n) is 19.1. The van der Waals surface area contributed by atoms with E-state index in [1.807, 2.05) is 38.1 Å². The van der Waals surface area contributed by atoms with E-state index in [0.717, 1.165) is 49.6 Å². The van der Waals surface area contributed by atoms with Crippen molar-refractivity contribution in [3.05, 3.63) is 47.4 Å². The first-order valence-electron chi connectivity index (χ1n) is 11.0. The molecule has 172 valence electrons. The number of hydrogen-bond acceptors (Lipinski definition) is 6. The summed E-state index contributed by atoms with van der Waals surface area (Å²) < 4.78 is 16.5. The number of furan rings is 1. The van der Waals surface area contributed by atoms with Gasteiger partial charge in [-0.05, 0) is 63.9 Å². The molecular weight excluding hydrogens is 410 g/mol. The van der Waals surface area contributed by atoms with Gasteiger partial charge in [0.2, 0.25) is 0 Å². The van der Waals surface area contributed by atoms with Crippen molar-refractivity contribution >= 4 is 11.9 Å². The molecular formula is C24H31N3O5. The minimum atomic E-state index is -0.906. The maximum absolute atomic E-state index is 13.4. The van der Waals surface area contributed by atoms with E-state index in [1.54, 1.807) is 20.3 Å². The van der Waals surface area contributed by atoms with Crippen LogP contribution in [-0.4, -0.2) is 54.6 Å². The molecule has 1 aromatic carbocycles. The largest absolute Gasteiger partial charge is 0.493 e. The van der Waals surface area contributed by atoms with Crippen LogP contribution in [0.1, 0.15) is 36.8 Å². The van der Waals surface area contributed by atoms with Crippen LogP contribution in [-0.2, 0) is 17.9 Å². The fourth-order valence-corrected chi connectivity index (χ4v) is 4.84. The fourth-order valence-electron chi connectivity index (χ4n) is 4.84. The normalized spacial score (nSPS) is 22.3. The second-order valence-corrected chi connectivity index (χ2v) is 8.74.